The highest BCUT2D eigenvalue weighted by atomic mass is 15.4. The summed E-state index contributed by atoms with van der Waals surface area (Å²) in [5, 5.41) is 0. The van der Waals surface area contributed by atoms with Crippen LogP contribution in [0.4, 0.5) is 0 Å². The summed E-state index contributed by atoms with van der Waals surface area (Å²) in [7, 11) is 0. The minimum Gasteiger partial charge on any atom is -0.356 e. The highest BCUT2D eigenvalue weighted by Gasteiger charge is 2.25. The van der Waals surface area contributed by atoms with Crippen molar-refractivity contribution in [2.24, 2.45) is 0 Å². The molecule has 1 atom stereocenters. The Morgan fingerprint density at radius 3 is 0.574 bits per heavy atom. The van der Waals surface area contributed by atoms with E-state index in [-0.39, 0.29) is 0 Å². The first-order valence-electron chi connectivity index (χ1n) is 29.5. The molecule has 1 rings (SSSR count). The molecule has 2 heteroatoms. The maximum Gasteiger partial charge on any atom is 0.101 e. The van der Waals surface area contributed by atoms with Crippen molar-refractivity contribution in [1.82, 2.24) is 9.80 Å². The van der Waals surface area contributed by atoms with Gasteiger partial charge in [-0.2, -0.15) is 0 Å². The molecule has 0 aromatic carbocycles. The van der Waals surface area contributed by atoms with E-state index in [1.165, 1.54) is 341 Å². The van der Waals surface area contributed by atoms with Crippen LogP contribution in [0.25, 0.3) is 0 Å². The average molecular weight is 856 g/mol. The third kappa shape index (κ3) is 41.8. The molecule has 0 amide bonds. The molecule has 1 aliphatic rings. The van der Waals surface area contributed by atoms with E-state index in [0.717, 1.165) is 0 Å². The SMILES string of the molecule is CCCCCCCCCCCCCCCCCCCC1N(CCCCCCCCCCCCCCCCCC)C=CN1CCCCCCCCCCCCCCCCCCC. The van der Waals surface area contributed by atoms with E-state index >= 15 is 0 Å². The van der Waals surface area contributed by atoms with Gasteiger partial charge in [0, 0.05) is 25.5 Å². The van der Waals surface area contributed by atoms with Gasteiger partial charge < -0.3 is 9.80 Å². The van der Waals surface area contributed by atoms with E-state index in [2.05, 4.69) is 43.0 Å². The lowest BCUT2D eigenvalue weighted by atomic mass is 10.0. The second kappa shape index (κ2) is 50.3. The maximum atomic E-state index is 2.75. The van der Waals surface area contributed by atoms with E-state index in [1.807, 2.05) is 0 Å². The van der Waals surface area contributed by atoms with Gasteiger partial charge in [0.15, 0.2) is 0 Å². The summed E-state index contributed by atoms with van der Waals surface area (Å²) in [6, 6.07) is 0. The summed E-state index contributed by atoms with van der Waals surface area (Å²) in [5.74, 6) is 0. The van der Waals surface area contributed by atoms with Crippen LogP contribution in [0.2, 0.25) is 0 Å². The Bertz CT molecular complexity index is 822. The van der Waals surface area contributed by atoms with Crippen LogP contribution < -0.4 is 0 Å². The topological polar surface area (TPSA) is 6.48 Å². The number of hydrogen-bond acceptors (Lipinski definition) is 2. The Kier molecular flexibility index (Phi) is 48.2. The van der Waals surface area contributed by atoms with Crippen molar-refractivity contribution in [3.8, 4) is 0 Å². The first kappa shape index (κ1) is 58.4. The van der Waals surface area contributed by atoms with Crippen molar-refractivity contribution in [2.75, 3.05) is 13.1 Å². The van der Waals surface area contributed by atoms with Crippen LogP contribution in [0.1, 0.15) is 348 Å². The lowest BCUT2D eigenvalue weighted by molar-refractivity contribution is 0.135. The Hall–Kier alpha value is -0.660. The zero-order valence-electron chi connectivity index (χ0n) is 43.1. The molecule has 0 aromatic heterocycles. The van der Waals surface area contributed by atoms with Crippen LogP contribution >= 0.6 is 0 Å². The highest BCUT2D eigenvalue weighted by molar-refractivity contribution is 4.97. The van der Waals surface area contributed by atoms with Crippen molar-refractivity contribution < 1.29 is 0 Å². The van der Waals surface area contributed by atoms with Gasteiger partial charge in [-0.3, -0.25) is 0 Å². The van der Waals surface area contributed by atoms with E-state index < -0.39 is 0 Å². The van der Waals surface area contributed by atoms with Gasteiger partial charge >= 0.3 is 0 Å². The number of rotatable bonds is 53. The summed E-state index contributed by atoms with van der Waals surface area (Å²) in [6.07, 6.45) is 79.8. The minimum atomic E-state index is 0.633. The second-order valence-electron chi connectivity index (χ2n) is 20.7. The molecule has 2 nitrogen and oxygen atoms in total. The van der Waals surface area contributed by atoms with Crippen molar-refractivity contribution in [3.05, 3.63) is 12.4 Å². The van der Waals surface area contributed by atoms with Crippen molar-refractivity contribution in [2.45, 2.75) is 354 Å². The molecule has 1 unspecified atom stereocenters. The first-order valence-corrected chi connectivity index (χ1v) is 29.5. The fourth-order valence-corrected chi connectivity index (χ4v) is 10.3. The summed E-state index contributed by atoms with van der Waals surface area (Å²) < 4.78 is 0. The second-order valence-corrected chi connectivity index (χ2v) is 20.7. The minimum absolute atomic E-state index is 0.633. The number of unbranched alkanes of at least 4 members (excludes halogenated alkanes) is 47. The predicted octanol–water partition coefficient (Wildman–Crippen LogP) is 21.4. The fourth-order valence-electron chi connectivity index (χ4n) is 10.3. The molecule has 0 radical (unpaired) electrons. The van der Waals surface area contributed by atoms with Gasteiger partial charge in [0.2, 0.25) is 0 Å². The van der Waals surface area contributed by atoms with Gasteiger partial charge in [0.1, 0.15) is 6.17 Å². The smallest absolute Gasteiger partial charge is 0.101 e. The molecular weight excluding hydrogens is 737 g/mol. The van der Waals surface area contributed by atoms with Crippen LogP contribution in [0.15, 0.2) is 12.4 Å². The molecule has 0 saturated heterocycles. The Balaban J connectivity index is 2.18. The fraction of sp³-hybridized carbons (Fsp3) is 0.966. The molecule has 364 valence electrons. The third-order valence-corrected chi connectivity index (χ3v) is 14.6. The van der Waals surface area contributed by atoms with Crippen LogP contribution in [-0.2, 0) is 0 Å². The van der Waals surface area contributed by atoms with Gasteiger partial charge in [-0.25, -0.2) is 0 Å². The predicted molar refractivity (Wildman–Crippen MR) is 279 cm³/mol. The Morgan fingerprint density at radius 1 is 0.213 bits per heavy atom. The molecule has 1 heterocycles. The summed E-state index contributed by atoms with van der Waals surface area (Å²) in [4.78, 5) is 5.51. The molecule has 0 fully saturated rings. The third-order valence-electron chi connectivity index (χ3n) is 14.6. The monoisotopic (exact) mass is 855 g/mol. The van der Waals surface area contributed by atoms with Crippen molar-refractivity contribution in [1.29, 1.82) is 0 Å². The van der Waals surface area contributed by atoms with Crippen molar-refractivity contribution >= 4 is 0 Å². The lowest BCUT2D eigenvalue weighted by Gasteiger charge is -2.33. The van der Waals surface area contributed by atoms with Gasteiger partial charge in [0.25, 0.3) is 0 Å². The van der Waals surface area contributed by atoms with E-state index in [9.17, 15) is 0 Å². The molecule has 0 spiro atoms. The van der Waals surface area contributed by atoms with Crippen molar-refractivity contribution in [3.63, 3.8) is 0 Å². The summed E-state index contributed by atoms with van der Waals surface area (Å²) >= 11 is 0. The van der Waals surface area contributed by atoms with Gasteiger partial charge in [0.05, 0.1) is 0 Å². The van der Waals surface area contributed by atoms with Gasteiger partial charge in [-0.15, -0.1) is 0 Å². The van der Waals surface area contributed by atoms with E-state index in [0.29, 0.717) is 6.17 Å². The molecule has 1 aliphatic heterocycles. The summed E-state index contributed by atoms with van der Waals surface area (Å²) in [6.45, 7) is 9.50. The molecule has 0 N–H and O–H groups in total. The van der Waals surface area contributed by atoms with E-state index in [1.54, 1.807) is 0 Å². The molecule has 61 heavy (non-hydrogen) atoms. The molecule has 0 aromatic rings. The quantitative estimate of drug-likeness (QED) is 0.0563. The zero-order valence-corrected chi connectivity index (χ0v) is 43.1. The zero-order chi connectivity index (χ0) is 43.6. The van der Waals surface area contributed by atoms with Gasteiger partial charge in [-0.1, -0.05) is 323 Å². The summed E-state index contributed by atoms with van der Waals surface area (Å²) in [5.41, 5.74) is 0. The number of hydrogen-bond donors (Lipinski definition) is 0. The highest BCUT2D eigenvalue weighted by Crippen LogP contribution is 2.25. The van der Waals surface area contributed by atoms with Crippen LogP contribution in [0.3, 0.4) is 0 Å². The Labute approximate surface area is 388 Å². The van der Waals surface area contributed by atoms with Crippen LogP contribution in [0.5, 0.6) is 0 Å². The van der Waals surface area contributed by atoms with E-state index in [4.69, 9.17) is 0 Å². The number of nitrogens with zero attached hydrogens (tertiary/aromatic N) is 2. The molecular formula is C59H118N2. The molecule has 0 aliphatic carbocycles. The molecule has 0 bridgehead atoms. The normalized spacial score (nSPS) is 14.0. The van der Waals surface area contributed by atoms with Crippen LogP contribution in [0, 0.1) is 0 Å². The lowest BCUT2D eigenvalue weighted by Crippen LogP contribution is -2.39. The van der Waals surface area contributed by atoms with Gasteiger partial charge in [-0.05, 0) is 25.7 Å². The first-order chi connectivity index (χ1) is 30.3. The average Bonchev–Trinajstić information content (AvgIpc) is 3.66. The maximum absolute atomic E-state index is 2.75. The Morgan fingerprint density at radius 2 is 0.377 bits per heavy atom. The van der Waals surface area contributed by atoms with Crippen LogP contribution in [-0.4, -0.2) is 29.1 Å². The molecule has 0 saturated carbocycles. The standard InChI is InChI=1S/C59H118N2/c1-4-7-10-13-16-19-22-25-28-31-33-36-39-42-45-48-51-54-59-60(55-52-49-46-43-40-37-34-30-27-24-21-18-15-12-9-6-3)57-58-61(59)56-53-50-47-44-41-38-35-32-29-26-23-20-17-14-11-8-5-2/h57-59H,4-56H2,1-3H3. The largest absolute Gasteiger partial charge is 0.356 e.